The Morgan fingerprint density at radius 2 is 1.89 bits per heavy atom. The lowest BCUT2D eigenvalue weighted by atomic mass is 9.73. The minimum atomic E-state index is -0.916. The van der Waals surface area contributed by atoms with Gasteiger partial charge in [-0.25, -0.2) is 8.78 Å². The summed E-state index contributed by atoms with van der Waals surface area (Å²) in [5.74, 6) is -1.41. The molecular weight excluding hydrogens is 234 g/mol. The van der Waals surface area contributed by atoms with Crippen LogP contribution in [0.5, 0.6) is 0 Å². The van der Waals surface area contributed by atoms with Gasteiger partial charge < -0.3 is 5.11 Å². The minimum Gasteiger partial charge on any atom is -0.388 e. The molecule has 0 saturated carbocycles. The lowest BCUT2D eigenvalue weighted by Crippen LogP contribution is -2.24. The maximum Gasteiger partial charge on any atom is 0.131 e. The molecule has 0 fully saturated rings. The van der Waals surface area contributed by atoms with Gasteiger partial charge in [0, 0.05) is 17.5 Å². The topological polar surface area (TPSA) is 20.2 Å². The van der Waals surface area contributed by atoms with Crippen LogP contribution in [0.2, 0.25) is 0 Å². The molecule has 92 valence electrons. The van der Waals surface area contributed by atoms with Crippen molar-refractivity contribution in [2.24, 2.45) is 0 Å². The van der Waals surface area contributed by atoms with E-state index in [-0.39, 0.29) is 11.5 Å². The number of aliphatic hydroxyl groups excluding tert-OH is 1. The van der Waals surface area contributed by atoms with E-state index in [0.29, 0.717) is 0 Å². The summed E-state index contributed by atoms with van der Waals surface area (Å²) in [6.45, 7) is 0. The Balaban J connectivity index is 1.91. The summed E-state index contributed by atoms with van der Waals surface area (Å²) < 4.78 is 26.4. The minimum absolute atomic E-state index is 0.0961. The van der Waals surface area contributed by atoms with Crippen LogP contribution >= 0.6 is 0 Å². The van der Waals surface area contributed by atoms with Crippen LogP contribution < -0.4 is 0 Å². The maximum atomic E-state index is 13.6. The second kappa shape index (κ2) is 4.18. The van der Waals surface area contributed by atoms with Gasteiger partial charge in [-0.05, 0) is 23.6 Å². The second-order valence-electron chi connectivity index (χ2n) is 4.62. The van der Waals surface area contributed by atoms with Gasteiger partial charge in [0.1, 0.15) is 11.6 Å². The molecule has 2 aromatic carbocycles. The molecule has 0 amide bonds. The van der Waals surface area contributed by atoms with Crippen molar-refractivity contribution in [3.05, 3.63) is 70.8 Å². The van der Waals surface area contributed by atoms with Crippen LogP contribution in [0.3, 0.4) is 0 Å². The standard InChI is InChI=1S/C15H12F2O/c16-10-5-6-12(14(17)8-10)15(18)13-7-9-3-1-2-4-11(9)13/h1-6,8,13,15,18H,7H2. The summed E-state index contributed by atoms with van der Waals surface area (Å²) in [5.41, 5.74) is 2.40. The Labute approximate surface area is 104 Å². The van der Waals surface area contributed by atoms with E-state index in [1.807, 2.05) is 24.3 Å². The molecule has 2 aromatic rings. The van der Waals surface area contributed by atoms with E-state index >= 15 is 0 Å². The molecule has 0 bridgehead atoms. The van der Waals surface area contributed by atoms with Gasteiger partial charge >= 0.3 is 0 Å². The van der Waals surface area contributed by atoms with Crippen molar-refractivity contribution >= 4 is 0 Å². The molecule has 3 heteroatoms. The van der Waals surface area contributed by atoms with E-state index in [9.17, 15) is 13.9 Å². The van der Waals surface area contributed by atoms with Gasteiger partial charge in [0.25, 0.3) is 0 Å². The van der Waals surface area contributed by atoms with Crippen LogP contribution in [0.15, 0.2) is 42.5 Å². The molecule has 2 unspecified atom stereocenters. The highest BCUT2D eigenvalue weighted by Gasteiger charge is 2.33. The molecule has 0 aliphatic heterocycles. The lowest BCUT2D eigenvalue weighted by Gasteiger charge is -2.34. The summed E-state index contributed by atoms with van der Waals surface area (Å²) in [7, 11) is 0. The Morgan fingerprint density at radius 3 is 2.61 bits per heavy atom. The highest BCUT2D eigenvalue weighted by molar-refractivity contribution is 5.42. The van der Waals surface area contributed by atoms with Crippen LogP contribution in [0.25, 0.3) is 0 Å². The maximum absolute atomic E-state index is 13.6. The predicted molar refractivity (Wildman–Crippen MR) is 64.2 cm³/mol. The fourth-order valence-corrected chi connectivity index (χ4v) is 2.54. The third kappa shape index (κ3) is 1.71. The van der Waals surface area contributed by atoms with Gasteiger partial charge in [-0.15, -0.1) is 0 Å². The Morgan fingerprint density at radius 1 is 1.11 bits per heavy atom. The SMILES string of the molecule is OC(c1ccc(F)cc1F)C1Cc2ccccc21. The van der Waals surface area contributed by atoms with Gasteiger partial charge in [0.05, 0.1) is 6.10 Å². The zero-order valence-corrected chi connectivity index (χ0v) is 9.61. The Bertz CT molecular complexity index is 595. The first-order valence-corrected chi connectivity index (χ1v) is 5.87. The molecule has 1 N–H and O–H groups in total. The van der Waals surface area contributed by atoms with E-state index in [1.165, 1.54) is 17.7 Å². The molecule has 2 atom stereocenters. The van der Waals surface area contributed by atoms with E-state index in [4.69, 9.17) is 0 Å². The van der Waals surface area contributed by atoms with Crippen molar-refractivity contribution in [1.82, 2.24) is 0 Å². The molecule has 1 aliphatic carbocycles. The van der Waals surface area contributed by atoms with Crippen LogP contribution in [0.4, 0.5) is 8.78 Å². The van der Waals surface area contributed by atoms with E-state index < -0.39 is 17.7 Å². The largest absolute Gasteiger partial charge is 0.388 e. The van der Waals surface area contributed by atoms with Crippen LogP contribution in [0.1, 0.15) is 28.7 Å². The van der Waals surface area contributed by atoms with Crippen LogP contribution in [-0.2, 0) is 6.42 Å². The van der Waals surface area contributed by atoms with Crippen molar-refractivity contribution < 1.29 is 13.9 Å². The summed E-state index contributed by atoms with van der Waals surface area (Å²) in [5, 5.41) is 10.2. The number of hydrogen-bond donors (Lipinski definition) is 1. The first kappa shape index (κ1) is 11.4. The summed E-state index contributed by atoms with van der Waals surface area (Å²) in [4.78, 5) is 0. The van der Waals surface area contributed by atoms with Crippen molar-refractivity contribution in [3.8, 4) is 0 Å². The van der Waals surface area contributed by atoms with Gasteiger partial charge in [-0.3, -0.25) is 0 Å². The number of benzene rings is 2. The third-order valence-electron chi connectivity index (χ3n) is 3.56. The fraction of sp³-hybridized carbons (Fsp3) is 0.200. The van der Waals surface area contributed by atoms with Gasteiger partial charge in [-0.1, -0.05) is 30.3 Å². The molecule has 18 heavy (non-hydrogen) atoms. The van der Waals surface area contributed by atoms with Crippen LogP contribution in [0, 0.1) is 11.6 Å². The quantitative estimate of drug-likeness (QED) is 0.861. The smallest absolute Gasteiger partial charge is 0.131 e. The molecule has 0 radical (unpaired) electrons. The molecule has 0 heterocycles. The van der Waals surface area contributed by atoms with Crippen molar-refractivity contribution in [2.75, 3.05) is 0 Å². The predicted octanol–water partition coefficient (Wildman–Crippen LogP) is 3.34. The molecule has 3 rings (SSSR count). The van der Waals surface area contributed by atoms with Gasteiger partial charge in [0.2, 0.25) is 0 Å². The lowest BCUT2D eigenvalue weighted by molar-refractivity contribution is 0.130. The highest BCUT2D eigenvalue weighted by Crippen LogP contribution is 2.43. The zero-order valence-electron chi connectivity index (χ0n) is 9.61. The fourth-order valence-electron chi connectivity index (χ4n) is 2.54. The first-order valence-electron chi connectivity index (χ1n) is 5.87. The first-order chi connectivity index (χ1) is 8.66. The molecule has 0 spiro atoms. The zero-order chi connectivity index (χ0) is 12.7. The molecule has 1 nitrogen and oxygen atoms in total. The molecule has 0 saturated heterocycles. The van der Waals surface area contributed by atoms with E-state index in [1.54, 1.807) is 0 Å². The number of rotatable bonds is 2. The normalized spacial score (nSPS) is 18.9. The summed E-state index contributed by atoms with van der Waals surface area (Å²) in [6.07, 6.45) is -0.186. The van der Waals surface area contributed by atoms with Gasteiger partial charge in [0.15, 0.2) is 0 Å². The van der Waals surface area contributed by atoms with Gasteiger partial charge in [-0.2, -0.15) is 0 Å². The summed E-state index contributed by atoms with van der Waals surface area (Å²) in [6, 6.07) is 11.1. The third-order valence-corrected chi connectivity index (χ3v) is 3.56. The van der Waals surface area contributed by atoms with E-state index in [2.05, 4.69) is 0 Å². The average Bonchev–Trinajstić information content (AvgIpc) is 2.30. The Kier molecular flexibility index (Phi) is 2.63. The average molecular weight is 246 g/mol. The highest BCUT2D eigenvalue weighted by atomic mass is 19.1. The number of hydrogen-bond acceptors (Lipinski definition) is 1. The number of halogens is 2. The Hall–Kier alpha value is -1.74. The van der Waals surface area contributed by atoms with Crippen molar-refractivity contribution in [2.45, 2.75) is 18.4 Å². The molecular formula is C15H12F2O. The van der Waals surface area contributed by atoms with E-state index in [0.717, 1.165) is 18.1 Å². The number of aliphatic hydroxyl groups is 1. The second-order valence-corrected chi connectivity index (χ2v) is 4.62. The van der Waals surface area contributed by atoms with Crippen molar-refractivity contribution in [3.63, 3.8) is 0 Å². The monoisotopic (exact) mass is 246 g/mol. The number of fused-ring (bicyclic) bond motifs is 1. The molecule has 1 aliphatic rings. The van der Waals surface area contributed by atoms with Crippen LogP contribution in [-0.4, -0.2) is 5.11 Å². The molecule has 0 aromatic heterocycles. The summed E-state index contributed by atoms with van der Waals surface area (Å²) >= 11 is 0. The van der Waals surface area contributed by atoms with Crippen molar-refractivity contribution in [1.29, 1.82) is 0 Å².